The summed E-state index contributed by atoms with van der Waals surface area (Å²) in [5.74, 6) is 1.68. The Morgan fingerprint density at radius 2 is 1.53 bits per heavy atom. The number of benzene rings is 3. The molecule has 0 spiro atoms. The van der Waals surface area contributed by atoms with Crippen molar-refractivity contribution in [3.63, 3.8) is 0 Å². The molecule has 0 unspecified atom stereocenters. The molecule has 1 amide bonds. The Bertz CT molecular complexity index is 970. The molecule has 0 saturated carbocycles. The van der Waals surface area contributed by atoms with E-state index in [1.165, 1.54) is 0 Å². The molecule has 0 saturated heterocycles. The van der Waals surface area contributed by atoms with Gasteiger partial charge < -0.3 is 24.8 Å². The van der Waals surface area contributed by atoms with E-state index in [9.17, 15) is 4.79 Å². The van der Waals surface area contributed by atoms with Crippen LogP contribution in [0.3, 0.4) is 0 Å². The van der Waals surface area contributed by atoms with Crippen LogP contribution in [0, 0.1) is 6.92 Å². The van der Waals surface area contributed by atoms with E-state index in [1.54, 1.807) is 14.2 Å². The quantitative estimate of drug-likeness (QED) is 0.542. The third kappa shape index (κ3) is 5.91. The number of amides is 1. The Morgan fingerprint density at radius 3 is 2.20 bits per heavy atom. The van der Waals surface area contributed by atoms with Crippen LogP contribution >= 0.6 is 0 Å². The number of nitrogens with one attached hydrogen (secondary N) is 2. The maximum atomic E-state index is 12.1. The van der Waals surface area contributed by atoms with Crippen LogP contribution in [0.15, 0.2) is 66.7 Å². The van der Waals surface area contributed by atoms with Crippen LogP contribution in [-0.2, 0) is 11.3 Å². The van der Waals surface area contributed by atoms with E-state index >= 15 is 0 Å². The standard InChI is InChI=1S/C24H26N2O4/c1-17-4-7-20(8-5-17)26-24(27)16-30-22-13-6-18(14-23(22)29-3)15-25-19-9-11-21(28-2)12-10-19/h4-14,25H,15-16H2,1-3H3,(H,26,27). The van der Waals surface area contributed by atoms with Crippen LogP contribution in [0.1, 0.15) is 11.1 Å². The summed E-state index contributed by atoms with van der Waals surface area (Å²) < 4.78 is 16.3. The number of methoxy groups -OCH3 is 2. The van der Waals surface area contributed by atoms with Crippen LogP contribution in [0.2, 0.25) is 0 Å². The number of ether oxygens (including phenoxy) is 3. The summed E-state index contributed by atoms with van der Waals surface area (Å²) in [6.07, 6.45) is 0. The zero-order valence-corrected chi connectivity index (χ0v) is 17.4. The van der Waals surface area contributed by atoms with E-state index in [0.29, 0.717) is 18.0 Å². The maximum Gasteiger partial charge on any atom is 0.262 e. The molecule has 0 heterocycles. The lowest BCUT2D eigenvalue weighted by Gasteiger charge is -2.13. The summed E-state index contributed by atoms with van der Waals surface area (Å²) in [6.45, 7) is 2.52. The van der Waals surface area contributed by atoms with Crippen molar-refractivity contribution in [1.82, 2.24) is 0 Å². The molecule has 6 nitrogen and oxygen atoms in total. The average Bonchev–Trinajstić information content (AvgIpc) is 2.78. The highest BCUT2D eigenvalue weighted by molar-refractivity contribution is 5.91. The largest absolute Gasteiger partial charge is 0.497 e. The molecule has 2 N–H and O–H groups in total. The number of anilines is 2. The minimum Gasteiger partial charge on any atom is -0.497 e. The molecule has 0 aliphatic rings. The fourth-order valence-corrected chi connectivity index (χ4v) is 2.83. The molecule has 3 aromatic carbocycles. The van der Waals surface area contributed by atoms with Crippen molar-refractivity contribution in [1.29, 1.82) is 0 Å². The molecule has 30 heavy (non-hydrogen) atoms. The van der Waals surface area contributed by atoms with E-state index in [-0.39, 0.29) is 12.5 Å². The van der Waals surface area contributed by atoms with E-state index in [4.69, 9.17) is 14.2 Å². The molecule has 156 valence electrons. The van der Waals surface area contributed by atoms with Gasteiger partial charge in [0.15, 0.2) is 18.1 Å². The number of aryl methyl sites for hydroxylation is 1. The van der Waals surface area contributed by atoms with Gasteiger partial charge in [-0.1, -0.05) is 23.8 Å². The second kappa shape index (κ2) is 10.2. The Kier molecular flexibility index (Phi) is 7.16. The lowest BCUT2D eigenvalue weighted by molar-refractivity contribution is -0.118. The Morgan fingerprint density at radius 1 is 0.833 bits per heavy atom. The first-order chi connectivity index (χ1) is 14.6. The van der Waals surface area contributed by atoms with Gasteiger partial charge in [0.2, 0.25) is 0 Å². The Labute approximate surface area is 176 Å². The third-order valence-electron chi connectivity index (χ3n) is 4.51. The molecule has 6 heteroatoms. The van der Waals surface area contributed by atoms with Crippen molar-refractivity contribution in [2.45, 2.75) is 13.5 Å². The smallest absolute Gasteiger partial charge is 0.262 e. The first-order valence-corrected chi connectivity index (χ1v) is 9.61. The Hall–Kier alpha value is -3.67. The van der Waals surface area contributed by atoms with Gasteiger partial charge in [-0.15, -0.1) is 0 Å². The van der Waals surface area contributed by atoms with Crippen LogP contribution in [0.25, 0.3) is 0 Å². The van der Waals surface area contributed by atoms with Crippen LogP contribution in [-0.4, -0.2) is 26.7 Å². The van der Waals surface area contributed by atoms with Gasteiger partial charge in [-0.2, -0.15) is 0 Å². The fraction of sp³-hybridized carbons (Fsp3) is 0.208. The highest BCUT2D eigenvalue weighted by atomic mass is 16.5. The minimum absolute atomic E-state index is 0.103. The molecule has 0 atom stereocenters. The number of hydrogen-bond donors (Lipinski definition) is 2. The highest BCUT2D eigenvalue weighted by Gasteiger charge is 2.09. The topological polar surface area (TPSA) is 68.8 Å². The van der Waals surface area contributed by atoms with Gasteiger partial charge in [-0.3, -0.25) is 4.79 Å². The van der Waals surface area contributed by atoms with Crippen molar-refractivity contribution in [2.75, 3.05) is 31.5 Å². The molecule has 0 radical (unpaired) electrons. The summed E-state index contributed by atoms with van der Waals surface area (Å²) in [5, 5.41) is 6.16. The SMILES string of the molecule is COc1ccc(NCc2ccc(OCC(=O)Nc3ccc(C)cc3)c(OC)c2)cc1. The second-order valence-corrected chi connectivity index (χ2v) is 6.77. The zero-order valence-electron chi connectivity index (χ0n) is 17.4. The molecule has 3 aromatic rings. The minimum atomic E-state index is -0.230. The number of carbonyl (C=O) groups excluding carboxylic acids is 1. The summed E-state index contributed by atoms with van der Waals surface area (Å²) in [6, 6.07) is 21.0. The predicted molar refractivity (Wildman–Crippen MR) is 119 cm³/mol. The van der Waals surface area contributed by atoms with Crippen LogP contribution in [0.5, 0.6) is 17.2 Å². The predicted octanol–water partition coefficient (Wildman–Crippen LogP) is 4.64. The normalized spacial score (nSPS) is 10.2. The van der Waals surface area contributed by atoms with Gasteiger partial charge in [-0.25, -0.2) is 0 Å². The molecule has 0 bridgehead atoms. The summed E-state index contributed by atoms with van der Waals surface area (Å²) in [5.41, 5.74) is 3.89. The van der Waals surface area contributed by atoms with E-state index < -0.39 is 0 Å². The summed E-state index contributed by atoms with van der Waals surface area (Å²) in [4.78, 5) is 12.1. The molecule has 0 fully saturated rings. The molecule has 0 aliphatic heterocycles. The second-order valence-electron chi connectivity index (χ2n) is 6.77. The molecular formula is C24H26N2O4. The lowest BCUT2D eigenvalue weighted by atomic mass is 10.2. The maximum absolute atomic E-state index is 12.1. The number of rotatable bonds is 9. The first kappa shape index (κ1) is 21.0. The van der Waals surface area contributed by atoms with Crippen molar-refractivity contribution in [2.24, 2.45) is 0 Å². The number of carbonyl (C=O) groups is 1. The van der Waals surface area contributed by atoms with Crippen LogP contribution < -0.4 is 24.8 Å². The van der Waals surface area contributed by atoms with E-state index in [0.717, 1.165) is 28.3 Å². The van der Waals surface area contributed by atoms with Crippen molar-refractivity contribution < 1.29 is 19.0 Å². The van der Waals surface area contributed by atoms with Crippen molar-refractivity contribution in [3.8, 4) is 17.2 Å². The van der Waals surface area contributed by atoms with E-state index in [1.807, 2.05) is 73.7 Å². The molecule has 0 aliphatic carbocycles. The average molecular weight is 406 g/mol. The van der Waals surface area contributed by atoms with Crippen molar-refractivity contribution >= 4 is 17.3 Å². The lowest BCUT2D eigenvalue weighted by Crippen LogP contribution is -2.20. The highest BCUT2D eigenvalue weighted by Crippen LogP contribution is 2.28. The van der Waals surface area contributed by atoms with E-state index in [2.05, 4.69) is 10.6 Å². The first-order valence-electron chi connectivity index (χ1n) is 9.61. The van der Waals surface area contributed by atoms with Gasteiger partial charge >= 0.3 is 0 Å². The summed E-state index contributed by atoms with van der Waals surface area (Å²) >= 11 is 0. The Balaban J connectivity index is 1.55. The van der Waals surface area contributed by atoms with Gasteiger partial charge in [0.05, 0.1) is 14.2 Å². The molecule has 3 rings (SSSR count). The fourth-order valence-electron chi connectivity index (χ4n) is 2.83. The molecular weight excluding hydrogens is 380 g/mol. The van der Waals surface area contributed by atoms with Gasteiger partial charge in [-0.05, 0) is 61.0 Å². The number of hydrogen-bond acceptors (Lipinski definition) is 5. The van der Waals surface area contributed by atoms with Crippen molar-refractivity contribution in [3.05, 3.63) is 77.9 Å². The zero-order chi connectivity index (χ0) is 21.3. The third-order valence-corrected chi connectivity index (χ3v) is 4.51. The monoisotopic (exact) mass is 406 g/mol. The summed E-state index contributed by atoms with van der Waals surface area (Å²) in [7, 11) is 3.22. The van der Waals surface area contributed by atoms with Gasteiger partial charge in [0, 0.05) is 17.9 Å². The van der Waals surface area contributed by atoms with Crippen LogP contribution in [0.4, 0.5) is 11.4 Å². The van der Waals surface area contributed by atoms with Gasteiger partial charge in [0.1, 0.15) is 5.75 Å². The van der Waals surface area contributed by atoms with Gasteiger partial charge in [0.25, 0.3) is 5.91 Å². The molecule has 0 aromatic heterocycles.